The fraction of sp³-hybridized carbons (Fsp3) is 0.0870. The van der Waals surface area contributed by atoms with E-state index in [9.17, 15) is 8.42 Å². The van der Waals surface area contributed by atoms with Crippen molar-refractivity contribution < 1.29 is 12.8 Å². The molecule has 1 heterocycles. The summed E-state index contributed by atoms with van der Waals surface area (Å²) in [5, 5.41) is 0.979. The fourth-order valence-electron chi connectivity index (χ4n) is 3.12. The van der Waals surface area contributed by atoms with Gasteiger partial charge >= 0.3 is 0 Å². The van der Waals surface area contributed by atoms with Crippen molar-refractivity contribution in [2.24, 2.45) is 0 Å². The number of hydrogen-bond donors (Lipinski definition) is 0. The van der Waals surface area contributed by atoms with Crippen molar-refractivity contribution in [1.82, 2.24) is 4.98 Å². The standard InChI is InChI=1S/C23H17Cl2NO3S/c1-30(27,28)18-10-7-16(8-11-18)23-22(19-12-9-17(24)14-20(19)25)26-21(29-23)13-15-5-3-2-4-6-15/h2-12,14H,13H2,1H3. The highest BCUT2D eigenvalue weighted by molar-refractivity contribution is 7.90. The lowest BCUT2D eigenvalue weighted by molar-refractivity contribution is 0.519. The maximum Gasteiger partial charge on any atom is 0.199 e. The quantitative estimate of drug-likeness (QED) is 0.352. The maximum absolute atomic E-state index is 11.8. The van der Waals surface area contributed by atoms with Crippen molar-refractivity contribution in [3.8, 4) is 22.6 Å². The molecule has 0 fully saturated rings. The second-order valence-electron chi connectivity index (χ2n) is 6.87. The summed E-state index contributed by atoms with van der Waals surface area (Å²) in [7, 11) is -3.29. The van der Waals surface area contributed by atoms with Gasteiger partial charge in [0, 0.05) is 28.8 Å². The second kappa shape index (κ2) is 8.26. The van der Waals surface area contributed by atoms with E-state index in [1.165, 1.54) is 6.26 Å². The molecule has 4 rings (SSSR count). The monoisotopic (exact) mass is 457 g/mol. The smallest absolute Gasteiger partial charge is 0.199 e. The second-order valence-corrected chi connectivity index (χ2v) is 9.73. The van der Waals surface area contributed by atoms with Crippen LogP contribution in [-0.2, 0) is 16.3 Å². The SMILES string of the molecule is CS(=O)(=O)c1ccc(-c2oc(Cc3ccccc3)nc2-c2ccc(Cl)cc2Cl)cc1. The Morgan fingerprint density at radius 1 is 0.933 bits per heavy atom. The minimum atomic E-state index is -3.29. The van der Waals surface area contributed by atoms with Crippen LogP contribution >= 0.6 is 23.2 Å². The summed E-state index contributed by atoms with van der Waals surface area (Å²) in [5.74, 6) is 1.05. The summed E-state index contributed by atoms with van der Waals surface area (Å²) in [6.07, 6.45) is 1.69. The molecule has 7 heteroatoms. The zero-order chi connectivity index (χ0) is 21.3. The van der Waals surface area contributed by atoms with Crippen molar-refractivity contribution in [3.63, 3.8) is 0 Å². The number of sulfone groups is 1. The van der Waals surface area contributed by atoms with E-state index < -0.39 is 9.84 Å². The van der Waals surface area contributed by atoms with Crippen LogP contribution in [0.1, 0.15) is 11.5 Å². The first kappa shape index (κ1) is 20.7. The van der Waals surface area contributed by atoms with Crippen molar-refractivity contribution in [1.29, 1.82) is 0 Å². The predicted molar refractivity (Wildman–Crippen MR) is 120 cm³/mol. The minimum Gasteiger partial charge on any atom is -0.440 e. The summed E-state index contributed by atoms with van der Waals surface area (Å²) in [4.78, 5) is 4.94. The summed E-state index contributed by atoms with van der Waals surface area (Å²) in [6, 6.07) is 21.6. The zero-order valence-corrected chi connectivity index (χ0v) is 18.3. The van der Waals surface area contributed by atoms with Gasteiger partial charge in [0.05, 0.1) is 9.92 Å². The van der Waals surface area contributed by atoms with Gasteiger partial charge in [0.2, 0.25) is 0 Å². The molecule has 0 aliphatic carbocycles. The van der Waals surface area contributed by atoms with Crippen LogP contribution in [0.2, 0.25) is 10.0 Å². The van der Waals surface area contributed by atoms with E-state index in [4.69, 9.17) is 32.6 Å². The highest BCUT2D eigenvalue weighted by Crippen LogP contribution is 2.38. The van der Waals surface area contributed by atoms with Crippen molar-refractivity contribution >= 4 is 33.0 Å². The molecule has 0 atom stereocenters. The molecule has 0 spiro atoms. The zero-order valence-electron chi connectivity index (χ0n) is 16.0. The van der Waals surface area contributed by atoms with Crippen LogP contribution in [0, 0.1) is 0 Å². The molecule has 0 aliphatic rings. The van der Waals surface area contributed by atoms with Gasteiger partial charge in [-0.25, -0.2) is 13.4 Å². The van der Waals surface area contributed by atoms with Crippen LogP contribution in [-0.4, -0.2) is 19.7 Å². The van der Waals surface area contributed by atoms with E-state index in [2.05, 4.69) is 0 Å². The van der Waals surface area contributed by atoms with Crippen molar-refractivity contribution in [2.45, 2.75) is 11.3 Å². The van der Waals surface area contributed by atoms with Crippen LogP contribution in [0.3, 0.4) is 0 Å². The summed E-state index contributed by atoms with van der Waals surface area (Å²) in [6.45, 7) is 0. The molecule has 0 amide bonds. The topological polar surface area (TPSA) is 60.2 Å². The van der Waals surface area contributed by atoms with Gasteiger partial charge in [-0.15, -0.1) is 0 Å². The van der Waals surface area contributed by atoms with Crippen LogP contribution < -0.4 is 0 Å². The third-order valence-electron chi connectivity index (χ3n) is 4.60. The van der Waals surface area contributed by atoms with Crippen molar-refractivity contribution in [3.05, 3.63) is 94.3 Å². The first-order chi connectivity index (χ1) is 14.3. The maximum atomic E-state index is 11.8. The first-order valence-electron chi connectivity index (χ1n) is 9.11. The van der Waals surface area contributed by atoms with E-state index >= 15 is 0 Å². The number of hydrogen-bond acceptors (Lipinski definition) is 4. The summed E-state index contributed by atoms with van der Waals surface area (Å²) < 4.78 is 29.7. The number of rotatable bonds is 5. The third-order valence-corrected chi connectivity index (χ3v) is 6.28. The highest BCUT2D eigenvalue weighted by Gasteiger charge is 2.20. The van der Waals surface area contributed by atoms with Crippen molar-refractivity contribution in [2.75, 3.05) is 6.26 Å². The Labute approximate surface area is 185 Å². The lowest BCUT2D eigenvalue weighted by Gasteiger charge is -2.05. The first-order valence-corrected chi connectivity index (χ1v) is 11.8. The highest BCUT2D eigenvalue weighted by atomic mass is 35.5. The third kappa shape index (κ3) is 4.43. The molecule has 30 heavy (non-hydrogen) atoms. The van der Waals surface area contributed by atoms with Crippen LogP contribution in [0.25, 0.3) is 22.6 Å². The van der Waals surface area contributed by atoms with Gasteiger partial charge in [-0.2, -0.15) is 0 Å². The number of halogens is 2. The minimum absolute atomic E-state index is 0.237. The van der Waals surface area contributed by atoms with Gasteiger partial charge in [0.1, 0.15) is 5.69 Å². The molecule has 0 aliphatic heterocycles. The van der Waals surface area contributed by atoms with Gasteiger partial charge < -0.3 is 4.42 Å². The molecule has 1 aromatic heterocycles. The van der Waals surface area contributed by atoms with E-state index in [1.807, 2.05) is 30.3 Å². The summed E-state index contributed by atoms with van der Waals surface area (Å²) in [5.41, 5.74) is 3.03. The predicted octanol–water partition coefficient (Wildman–Crippen LogP) is 6.31. The molecule has 0 radical (unpaired) electrons. The Morgan fingerprint density at radius 3 is 2.27 bits per heavy atom. The van der Waals surface area contributed by atoms with E-state index in [0.29, 0.717) is 44.9 Å². The molecule has 0 bridgehead atoms. The van der Waals surface area contributed by atoms with Gasteiger partial charge in [-0.05, 0) is 48.0 Å². The molecule has 0 N–H and O–H groups in total. The average Bonchev–Trinajstić information content (AvgIpc) is 3.11. The van der Waals surface area contributed by atoms with E-state index in [-0.39, 0.29) is 4.90 Å². The Morgan fingerprint density at radius 2 is 1.63 bits per heavy atom. The molecular weight excluding hydrogens is 441 g/mol. The molecule has 152 valence electrons. The molecule has 0 saturated heterocycles. The Kier molecular flexibility index (Phi) is 5.69. The summed E-state index contributed by atoms with van der Waals surface area (Å²) >= 11 is 12.5. The molecule has 4 nitrogen and oxygen atoms in total. The van der Waals surface area contributed by atoms with Crippen LogP contribution in [0.4, 0.5) is 0 Å². The fourth-order valence-corrected chi connectivity index (χ4v) is 4.25. The molecular formula is C23H17Cl2NO3S. The lowest BCUT2D eigenvalue weighted by atomic mass is 10.1. The van der Waals surface area contributed by atoms with Gasteiger partial charge in [0.15, 0.2) is 21.5 Å². The van der Waals surface area contributed by atoms with E-state index in [0.717, 1.165) is 5.56 Å². The number of nitrogens with zero attached hydrogens (tertiary/aromatic N) is 1. The molecule has 3 aromatic carbocycles. The number of benzene rings is 3. The normalized spacial score (nSPS) is 11.6. The number of aromatic nitrogens is 1. The lowest BCUT2D eigenvalue weighted by Crippen LogP contribution is -1.96. The molecule has 0 saturated carbocycles. The van der Waals surface area contributed by atoms with Crippen LogP contribution in [0.5, 0.6) is 0 Å². The van der Waals surface area contributed by atoms with Gasteiger partial charge in [-0.3, -0.25) is 0 Å². The van der Waals surface area contributed by atoms with Crippen LogP contribution in [0.15, 0.2) is 82.1 Å². The van der Waals surface area contributed by atoms with Gasteiger partial charge in [0.25, 0.3) is 0 Å². The molecule has 4 aromatic rings. The number of oxazole rings is 1. The van der Waals surface area contributed by atoms with E-state index in [1.54, 1.807) is 42.5 Å². The Hall–Kier alpha value is -2.60. The Balaban J connectivity index is 1.83. The van der Waals surface area contributed by atoms with Gasteiger partial charge in [-0.1, -0.05) is 53.5 Å². The average molecular weight is 458 g/mol. The molecule has 0 unspecified atom stereocenters. The largest absolute Gasteiger partial charge is 0.440 e. The Bertz CT molecular complexity index is 1300.